The minimum absolute atomic E-state index is 0.0961. The molecule has 0 radical (unpaired) electrons. The van der Waals surface area contributed by atoms with Crippen LogP contribution in [0.15, 0.2) is 40.9 Å². The van der Waals surface area contributed by atoms with E-state index in [0.717, 1.165) is 6.07 Å². The van der Waals surface area contributed by atoms with Crippen molar-refractivity contribution in [3.8, 4) is 11.1 Å². The van der Waals surface area contributed by atoms with Crippen molar-refractivity contribution in [3.63, 3.8) is 0 Å². The zero-order valence-electron chi connectivity index (χ0n) is 9.85. The largest absolute Gasteiger partial charge is 0.417 e. The van der Waals surface area contributed by atoms with Crippen molar-refractivity contribution in [2.45, 2.75) is 13.1 Å². The lowest BCUT2D eigenvalue weighted by molar-refractivity contribution is -0.137. The molecule has 2 aromatic rings. The molecule has 5 heteroatoms. The summed E-state index contributed by atoms with van der Waals surface area (Å²) in [6, 6.07) is 9.12. The van der Waals surface area contributed by atoms with Gasteiger partial charge in [0.25, 0.3) is 0 Å². The normalized spacial score (nSPS) is 11.7. The molecule has 0 aliphatic heterocycles. The fourth-order valence-electron chi connectivity index (χ4n) is 1.94. The van der Waals surface area contributed by atoms with Gasteiger partial charge in [-0.2, -0.15) is 13.2 Å². The molecule has 100 valence electrons. The molecule has 0 amide bonds. The summed E-state index contributed by atoms with van der Waals surface area (Å²) in [6.07, 6.45) is -4.43. The van der Waals surface area contributed by atoms with Crippen LogP contribution in [0.3, 0.4) is 0 Å². The van der Waals surface area contributed by atoms with Crippen molar-refractivity contribution in [3.05, 3.63) is 57.0 Å². The van der Waals surface area contributed by atoms with E-state index >= 15 is 0 Å². The van der Waals surface area contributed by atoms with Gasteiger partial charge in [-0.15, -0.1) is 0 Å². The maximum Gasteiger partial charge on any atom is 0.417 e. The van der Waals surface area contributed by atoms with Crippen molar-refractivity contribution >= 4 is 27.5 Å². The van der Waals surface area contributed by atoms with Crippen LogP contribution in [0.25, 0.3) is 11.1 Å². The van der Waals surface area contributed by atoms with Gasteiger partial charge in [0.05, 0.1) is 5.56 Å². The van der Waals surface area contributed by atoms with Crippen molar-refractivity contribution in [1.29, 1.82) is 0 Å². The first-order valence-corrected chi connectivity index (χ1v) is 6.60. The van der Waals surface area contributed by atoms with Crippen LogP contribution in [0.4, 0.5) is 13.2 Å². The van der Waals surface area contributed by atoms with Crippen LogP contribution in [0.1, 0.15) is 11.1 Å². The van der Waals surface area contributed by atoms with Gasteiger partial charge >= 0.3 is 6.18 Å². The Morgan fingerprint density at radius 3 is 2.37 bits per heavy atom. The quantitative estimate of drug-likeness (QED) is 0.584. The molecule has 0 fully saturated rings. The van der Waals surface area contributed by atoms with Crippen LogP contribution in [0.2, 0.25) is 5.02 Å². The van der Waals surface area contributed by atoms with E-state index in [1.54, 1.807) is 31.2 Å². The third kappa shape index (κ3) is 2.95. The average Bonchev–Trinajstić information content (AvgIpc) is 2.29. The molecule has 2 rings (SSSR count). The fourth-order valence-corrected chi connectivity index (χ4v) is 2.63. The first-order valence-electron chi connectivity index (χ1n) is 5.43. The Morgan fingerprint density at radius 1 is 1.11 bits per heavy atom. The average molecular weight is 350 g/mol. The first-order chi connectivity index (χ1) is 8.80. The number of halogens is 5. The summed E-state index contributed by atoms with van der Waals surface area (Å²) in [6.45, 7) is 1.74. The van der Waals surface area contributed by atoms with Gasteiger partial charge < -0.3 is 0 Å². The Morgan fingerprint density at radius 2 is 1.79 bits per heavy atom. The van der Waals surface area contributed by atoms with Crippen LogP contribution in [-0.2, 0) is 6.18 Å². The van der Waals surface area contributed by atoms with Gasteiger partial charge in [-0.1, -0.05) is 45.7 Å². The lowest BCUT2D eigenvalue weighted by Crippen LogP contribution is -2.07. The molecule has 0 saturated carbocycles. The second kappa shape index (κ2) is 5.17. The number of rotatable bonds is 1. The third-order valence-electron chi connectivity index (χ3n) is 2.78. The molecular formula is C14H9BrClF3. The van der Waals surface area contributed by atoms with Crippen LogP contribution in [-0.4, -0.2) is 0 Å². The summed E-state index contributed by atoms with van der Waals surface area (Å²) in [4.78, 5) is 0. The molecule has 19 heavy (non-hydrogen) atoms. The molecule has 0 unspecified atom stereocenters. The van der Waals surface area contributed by atoms with Crippen molar-refractivity contribution in [2.75, 3.05) is 0 Å². The molecule has 0 spiro atoms. The Bertz CT molecular complexity index is 600. The summed E-state index contributed by atoms with van der Waals surface area (Å²) in [5.74, 6) is 0. The molecule has 0 heterocycles. The number of hydrogen-bond donors (Lipinski definition) is 0. The van der Waals surface area contributed by atoms with Crippen LogP contribution in [0.5, 0.6) is 0 Å². The van der Waals surface area contributed by atoms with Crippen LogP contribution >= 0.6 is 27.5 Å². The zero-order chi connectivity index (χ0) is 14.2. The minimum atomic E-state index is -4.43. The number of benzene rings is 2. The summed E-state index contributed by atoms with van der Waals surface area (Å²) in [5.41, 5.74) is 0.529. The molecule has 0 atom stereocenters. The molecule has 0 aliphatic carbocycles. The van der Waals surface area contributed by atoms with Crippen LogP contribution in [0, 0.1) is 6.92 Å². The predicted octanol–water partition coefficient (Wildman–Crippen LogP) is 6.10. The Labute approximate surface area is 122 Å². The van der Waals surface area contributed by atoms with Gasteiger partial charge in [-0.3, -0.25) is 0 Å². The number of aryl methyl sites for hydroxylation is 1. The topological polar surface area (TPSA) is 0 Å². The SMILES string of the molecule is Cc1cccc(Cl)c1-c1ccc(Br)cc1C(F)(F)F. The molecule has 2 aromatic carbocycles. The number of hydrogen-bond acceptors (Lipinski definition) is 0. The van der Waals surface area contributed by atoms with Gasteiger partial charge in [0.15, 0.2) is 0 Å². The van der Waals surface area contributed by atoms with Crippen molar-refractivity contribution in [1.82, 2.24) is 0 Å². The van der Waals surface area contributed by atoms with Gasteiger partial charge in [-0.25, -0.2) is 0 Å². The van der Waals surface area contributed by atoms with Gasteiger partial charge in [-0.05, 0) is 36.2 Å². The highest BCUT2D eigenvalue weighted by Gasteiger charge is 2.34. The standard InChI is InChI=1S/C14H9BrClF3/c1-8-3-2-4-12(16)13(8)10-6-5-9(15)7-11(10)14(17,18)19/h2-7H,1H3. The monoisotopic (exact) mass is 348 g/mol. The second-order valence-corrected chi connectivity index (χ2v) is 5.44. The minimum Gasteiger partial charge on any atom is -0.166 e. The Hall–Kier alpha value is -1.00. The zero-order valence-corrected chi connectivity index (χ0v) is 12.2. The highest BCUT2D eigenvalue weighted by molar-refractivity contribution is 9.10. The van der Waals surface area contributed by atoms with E-state index in [1.165, 1.54) is 6.07 Å². The summed E-state index contributed by atoms with van der Waals surface area (Å²) < 4.78 is 39.7. The molecule has 0 nitrogen and oxygen atoms in total. The molecule has 0 aliphatic rings. The van der Waals surface area contributed by atoms with E-state index in [0.29, 0.717) is 20.6 Å². The molecular weight excluding hydrogens is 341 g/mol. The highest BCUT2D eigenvalue weighted by atomic mass is 79.9. The molecule has 0 bridgehead atoms. The van der Waals surface area contributed by atoms with E-state index < -0.39 is 11.7 Å². The van der Waals surface area contributed by atoms with Gasteiger partial charge in [0, 0.05) is 15.1 Å². The smallest absolute Gasteiger partial charge is 0.166 e. The van der Waals surface area contributed by atoms with E-state index in [9.17, 15) is 13.2 Å². The summed E-state index contributed by atoms with van der Waals surface area (Å²) in [5, 5.41) is 0.313. The van der Waals surface area contributed by atoms with Crippen LogP contribution < -0.4 is 0 Å². The van der Waals surface area contributed by atoms with E-state index in [1.807, 2.05) is 0 Å². The lowest BCUT2D eigenvalue weighted by Gasteiger charge is -2.16. The van der Waals surface area contributed by atoms with E-state index in [4.69, 9.17) is 11.6 Å². The van der Waals surface area contributed by atoms with Crippen molar-refractivity contribution < 1.29 is 13.2 Å². The lowest BCUT2D eigenvalue weighted by atomic mass is 9.95. The van der Waals surface area contributed by atoms with Crippen molar-refractivity contribution in [2.24, 2.45) is 0 Å². The summed E-state index contributed by atoms with van der Waals surface area (Å²) in [7, 11) is 0. The van der Waals surface area contributed by atoms with Gasteiger partial charge in [0.2, 0.25) is 0 Å². The maximum atomic E-state index is 13.1. The Kier molecular flexibility index (Phi) is 3.92. The van der Waals surface area contributed by atoms with E-state index in [2.05, 4.69) is 15.9 Å². The third-order valence-corrected chi connectivity index (χ3v) is 3.59. The molecule has 0 saturated heterocycles. The summed E-state index contributed by atoms with van der Waals surface area (Å²) >= 11 is 9.11. The predicted molar refractivity (Wildman–Crippen MR) is 74.3 cm³/mol. The number of alkyl halides is 3. The molecule has 0 N–H and O–H groups in total. The Balaban J connectivity index is 2.76. The second-order valence-electron chi connectivity index (χ2n) is 4.12. The first kappa shape index (κ1) is 14.4. The van der Waals surface area contributed by atoms with E-state index in [-0.39, 0.29) is 5.56 Å². The maximum absolute atomic E-state index is 13.1. The fraction of sp³-hybridized carbons (Fsp3) is 0.143. The molecule has 0 aromatic heterocycles. The van der Waals surface area contributed by atoms with Gasteiger partial charge in [0.1, 0.15) is 0 Å². The highest BCUT2D eigenvalue weighted by Crippen LogP contribution is 2.41.